The Morgan fingerprint density at radius 2 is 1.06 bits per heavy atom. The second-order valence-corrected chi connectivity index (χ2v) is 6.71. The second kappa shape index (κ2) is 13.6. The molecule has 100 valence electrons. The van der Waals surface area contributed by atoms with Gasteiger partial charge in [0.1, 0.15) is 8.86 Å². The molecular formula is C10H22BF4I. The highest BCUT2D eigenvalue weighted by Crippen LogP contribution is 2.06. The lowest BCUT2D eigenvalue weighted by molar-refractivity contribution is -0.655. The average molecular weight is 356 g/mol. The molecule has 0 radical (unpaired) electrons. The van der Waals surface area contributed by atoms with Gasteiger partial charge in [-0.15, -0.1) is 0 Å². The molecule has 16 heavy (non-hydrogen) atoms. The lowest BCUT2D eigenvalue weighted by Crippen LogP contribution is -3.63. The van der Waals surface area contributed by atoms with Crippen molar-refractivity contribution in [2.45, 2.75) is 52.4 Å². The highest BCUT2D eigenvalue weighted by Gasteiger charge is 2.20. The van der Waals surface area contributed by atoms with Crippen LogP contribution in [0.5, 0.6) is 0 Å². The largest absolute Gasteiger partial charge is 0.673 e. The fourth-order valence-corrected chi connectivity index (χ4v) is 3.67. The van der Waals surface area contributed by atoms with Gasteiger partial charge in [-0.1, -0.05) is 26.7 Å². The van der Waals surface area contributed by atoms with Crippen LogP contribution in [0.2, 0.25) is 0 Å². The van der Waals surface area contributed by atoms with Crippen molar-refractivity contribution in [3.8, 4) is 0 Å². The van der Waals surface area contributed by atoms with Gasteiger partial charge in [-0.3, -0.25) is 0 Å². The highest BCUT2D eigenvalue weighted by atomic mass is 127. The molecule has 0 rings (SSSR count). The zero-order valence-electron chi connectivity index (χ0n) is 10.1. The average Bonchev–Trinajstić information content (AvgIpc) is 2.14. The Labute approximate surface area is 107 Å². The summed E-state index contributed by atoms with van der Waals surface area (Å²) in [6, 6.07) is 0. The number of alkyl halides is 2. The maximum atomic E-state index is 9.75. The summed E-state index contributed by atoms with van der Waals surface area (Å²) in [7, 11) is -6.00. The molecule has 0 saturated carbocycles. The van der Waals surface area contributed by atoms with E-state index in [0.717, 1.165) is 0 Å². The molecule has 0 spiro atoms. The van der Waals surface area contributed by atoms with Crippen molar-refractivity contribution < 1.29 is 38.5 Å². The summed E-state index contributed by atoms with van der Waals surface area (Å²) < 4.78 is 42.2. The van der Waals surface area contributed by atoms with Gasteiger partial charge in [0.15, 0.2) is 0 Å². The molecule has 0 amide bonds. The van der Waals surface area contributed by atoms with Gasteiger partial charge in [0.05, 0.1) is 0 Å². The third-order valence-corrected chi connectivity index (χ3v) is 4.79. The lowest BCUT2D eigenvalue weighted by atomic mass is 10.3. The van der Waals surface area contributed by atoms with Gasteiger partial charge < -0.3 is 17.3 Å². The van der Waals surface area contributed by atoms with Gasteiger partial charge >= 0.3 is 7.25 Å². The molecule has 0 aromatic heterocycles. The standard InChI is InChI=1S/C10H22I.BF4/c1-3-5-7-9-11-10-8-6-4-2;2-1(3,4)5/h3-10H2,1-2H3;/q+1;-1. The van der Waals surface area contributed by atoms with Crippen LogP contribution in [0.4, 0.5) is 17.3 Å². The fourth-order valence-electron chi connectivity index (χ4n) is 0.972. The van der Waals surface area contributed by atoms with Gasteiger partial charge in [-0.2, -0.15) is 0 Å². The van der Waals surface area contributed by atoms with E-state index in [4.69, 9.17) is 0 Å². The van der Waals surface area contributed by atoms with E-state index in [9.17, 15) is 17.3 Å². The van der Waals surface area contributed by atoms with Crippen molar-refractivity contribution in [3.05, 3.63) is 0 Å². The third-order valence-electron chi connectivity index (χ3n) is 1.74. The van der Waals surface area contributed by atoms with E-state index in [1.54, 1.807) is 8.86 Å². The topological polar surface area (TPSA) is 0 Å². The van der Waals surface area contributed by atoms with Crippen molar-refractivity contribution in [1.29, 1.82) is 0 Å². The van der Waals surface area contributed by atoms with Crippen LogP contribution in [0.3, 0.4) is 0 Å². The van der Waals surface area contributed by atoms with Gasteiger partial charge in [0.2, 0.25) is 0 Å². The number of hydrogen-bond donors (Lipinski definition) is 0. The van der Waals surface area contributed by atoms with Crippen LogP contribution in [0.15, 0.2) is 0 Å². The van der Waals surface area contributed by atoms with Crippen LogP contribution >= 0.6 is 0 Å². The van der Waals surface area contributed by atoms with Crippen LogP contribution in [0.1, 0.15) is 52.4 Å². The minimum absolute atomic E-state index is 0.600. The minimum atomic E-state index is -6.00. The number of hydrogen-bond acceptors (Lipinski definition) is 0. The molecule has 0 fully saturated rings. The van der Waals surface area contributed by atoms with Gasteiger partial charge in [-0.25, -0.2) is 0 Å². The maximum Gasteiger partial charge on any atom is 0.673 e. The summed E-state index contributed by atoms with van der Waals surface area (Å²) >= 11 is 0.600. The van der Waals surface area contributed by atoms with Crippen LogP contribution in [-0.4, -0.2) is 16.1 Å². The number of halogens is 5. The molecule has 0 unspecified atom stereocenters. The molecule has 0 aromatic rings. The van der Waals surface area contributed by atoms with Crippen molar-refractivity contribution in [2.75, 3.05) is 8.86 Å². The lowest BCUT2D eigenvalue weighted by Gasteiger charge is -1.94. The SMILES string of the molecule is CCCCC[I+]CCCCC.F[B-](F)(F)F. The van der Waals surface area contributed by atoms with Crippen molar-refractivity contribution in [3.63, 3.8) is 0 Å². The summed E-state index contributed by atoms with van der Waals surface area (Å²) in [4.78, 5) is 0. The van der Waals surface area contributed by atoms with Gasteiger partial charge in [0.25, 0.3) is 21.2 Å². The molecular weight excluding hydrogens is 334 g/mol. The zero-order valence-corrected chi connectivity index (χ0v) is 12.3. The van der Waals surface area contributed by atoms with Crippen molar-refractivity contribution in [1.82, 2.24) is 0 Å². The first-order valence-electron chi connectivity index (χ1n) is 5.82. The van der Waals surface area contributed by atoms with Crippen LogP contribution < -0.4 is 21.2 Å². The van der Waals surface area contributed by atoms with Gasteiger partial charge in [-0.05, 0) is 25.7 Å². The minimum Gasteiger partial charge on any atom is -0.418 e. The monoisotopic (exact) mass is 356 g/mol. The summed E-state index contributed by atoms with van der Waals surface area (Å²) in [5.74, 6) is 0. The van der Waals surface area contributed by atoms with Crippen molar-refractivity contribution >= 4 is 7.25 Å². The van der Waals surface area contributed by atoms with E-state index in [1.165, 1.54) is 38.5 Å². The first kappa shape index (κ1) is 18.9. The molecule has 0 atom stereocenters. The Kier molecular flexibility index (Phi) is 16.0. The molecule has 0 nitrogen and oxygen atoms in total. The van der Waals surface area contributed by atoms with Crippen LogP contribution in [0, 0.1) is 0 Å². The fraction of sp³-hybridized carbons (Fsp3) is 1.00. The molecule has 0 aliphatic carbocycles. The summed E-state index contributed by atoms with van der Waals surface area (Å²) in [6.07, 6.45) is 8.73. The zero-order chi connectivity index (χ0) is 12.9. The summed E-state index contributed by atoms with van der Waals surface area (Å²) in [5.41, 5.74) is 0. The Bertz CT molecular complexity index is 116. The first-order valence-corrected chi connectivity index (χ1v) is 8.87. The number of rotatable bonds is 8. The van der Waals surface area contributed by atoms with E-state index < -0.39 is 7.25 Å². The molecule has 0 heterocycles. The summed E-state index contributed by atoms with van der Waals surface area (Å²) in [6.45, 7) is 4.57. The molecule has 0 aliphatic heterocycles. The van der Waals surface area contributed by atoms with E-state index in [0.29, 0.717) is 21.2 Å². The molecule has 0 aliphatic rings. The molecule has 0 N–H and O–H groups in total. The van der Waals surface area contributed by atoms with E-state index >= 15 is 0 Å². The normalized spacial score (nSPS) is 10.9. The highest BCUT2D eigenvalue weighted by molar-refractivity contribution is 6.50. The Morgan fingerprint density at radius 1 is 0.750 bits per heavy atom. The summed E-state index contributed by atoms with van der Waals surface area (Å²) in [5, 5.41) is 0. The second-order valence-electron chi connectivity index (χ2n) is 3.48. The predicted octanol–water partition coefficient (Wildman–Crippen LogP) is 1.76. The molecule has 0 aromatic carbocycles. The number of unbranched alkanes of at least 4 members (excludes halogenated alkanes) is 4. The van der Waals surface area contributed by atoms with Crippen molar-refractivity contribution in [2.24, 2.45) is 0 Å². The Morgan fingerprint density at radius 3 is 1.31 bits per heavy atom. The van der Waals surface area contributed by atoms with Crippen LogP contribution in [0.25, 0.3) is 0 Å². The predicted molar refractivity (Wildman–Crippen MR) is 59.0 cm³/mol. The van der Waals surface area contributed by atoms with E-state index in [1.807, 2.05) is 0 Å². The quantitative estimate of drug-likeness (QED) is 0.205. The van der Waals surface area contributed by atoms with E-state index in [-0.39, 0.29) is 0 Å². The smallest absolute Gasteiger partial charge is 0.418 e. The molecule has 6 heteroatoms. The van der Waals surface area contributed by atoms with Crippen LogP contribution in [-0.2, 0) is 0 Å². The maximum absolute atomic E-state index is 9.75. The first-order chi connectivity index (χ1) is 7.41. The Balaban J connectivity index is 0. The van der Waals surface area contributed by atoms with E-state index in [2.05, 4.69) is 13.8 Å². The Hall–Kier alpha value is 0.515. The molecule has 0 saturated heterocycles. The van der Waals surface area contributed by atoms with Gasteiger partial charge in [0, 0.05) is 0 Å². The third kappa shape index (κ3) is 36.6. The molecule has 0 bridgehead atoms.